The largest absolute Gasteiger partial charge is 0.409 e. The van der Waals surface area contributed by atoms with Crippen molar-refractivity contribution in [3.05, 3.63) is 29.6 Å². The summed E-state index contributed by atoms with van der Waals surface area (Å²) in [6, 6.07) is -0.663. The Balaban J connectivity index is 3.38. The van der Waals surface area contributed by atoms with Gasteiger partial charge in [0.1, 0.15) is 17.5 Å². The molecule has 0 aliphatic rings. The minimum absolute atomic E-state index is 0.248. The lowest BCUT2D eigenvalue weighted by Gasteiger charge is -2.23. The first kappa shape index (κ1) is 16.2. The summed E-state index contributed by atoms with van der Waals surface area (Å²) in [6.07, 6.45) is 0. The Labute approximate surface area is 113 Å². The fourth-order valence-corrected chi connectivity index (χ4v) is 2.82. The van der Waals surface area contributed by atoms with Gasteiger partial charge in [0.25, 0.3) is 0 Å². The van der Waals surface area contributed by atoms with Gasteiger partial charge >= 0.3 is 0 Å². The number of hydrogen-bond donors (Lipinski definition) is 2. The summed E-state index contributed by atoms with van der Waals surface area (Å²) in [5, 5.41) is 11.1. The summed E-state index contributed by atoms with van der Waals surface area (Å²) in [5.74, 6) is -4.85. The highest BCUT2D eigenvalue weighted by molar-refractivity contribution is 7.89. The molecule has 1 aromatic carbocycles. The van der Waals surface area contributed by atoms with Gasteiger partial charge in [0.05, 0.1) is 6.04 Å². The summed E-state index contributed by atoms with van der Waals surface area (Å²) >= 11 is 0. The average Bonchev–Trinajstić information content (AvgIpc) is 2.34. The fraction of sp³-hybridized carbons (Fsp3) is 0.300. The number of likely N-dealkylation sites (N-methyl/N-ethyl adjacent to an activating group) is 1. The van der Waals surface area contributed by atoms with Crippen molar-refractivity contribution >= 4 is 15.9 Å². The molecule has 0 heterocycles. The highest BCUT2D eigenvalue weighted by Crippen LogP contribution is 2.24. The number of amidine groups is 1. The van der Waals surface area contributed by atoms with E-state index < -0.39 is 44.2 Å². The van der Waals surface area contributed by atoms with Crippen LogP contribution in [0.15, 0.2) is 22.2 Å². The number of sulfonamides is 1. The van der Waals surface area contributed by atoms with Crippen molar-refractivity contribution in [2.75, 3.05) is 7.05 Å². The number of hydrogen-bond acceptors (Lipinski definition) is 4. The molecule has 0 fully saturated rings. The third-order valence-electron chi connectivity index (χ3n) is 2.69. The lowest BCUT2D eigenvalue weighted by Crippen LogP contribution is -2.44. The predicted molar refractivity (Wildman–Crippen MR) is 64.1 cm³/mol. The molecule has 1 atom stereocenters. The van der Waals surface area contributed by atoms with Crippen molar-refractivity contribution in [1.82, 2.24) is 4.31 Å². The molecule has 1 unspecified atom stereocenters. The van der Waals surface area contributed by atoms with Crippen LogP contribution in [0.4, 0.5) is 13.2 Å². The SMILES string of the molecule is CC(C(N)=NO)N(C)S(=O)(=O)c1c(F)cc(F)cc1F. The molecule has 0 aromatic heterocycles. The number of halogens is 3. The van der Waals surface area contributed by atoms with E-state index in [1.165, 1.54) is 6.92 Å². The van der Waals surface area contributed by atoms with E-state index >= 15 is 0 Å². The molecular formula is C10H12F3N3O3S. The summed E-state index contributed by atoms with van der Waals surface area (Å²) in [7, 11) is -3.64. The third kappa shape index (κ3) is 2.85. The zero-order chi connectivity index (χ0) is 15.7. The molecule has 0 bridgehead atoms. The smallest absolute Gasteiger partial charge is 0.249 e. The van der Waals surface area contributed by atoms with E-state index in [1.807, 2.05) is 0 Å². The zero-order valence-corrected chi connectivity index (χ0v) is 11.3. The van der Waals surface area contributed by atoms with Gasteiger partial charge in [-0.1, -0.05) is 5.16 Å². The molecule has 0 saturated carbocycles. The summed E-state index contributed by atoms with van der Waals surface area (Å²) < 4.78 is 64.5. The van der Waals surface area contributed by atoms with Crippen LogP contribution in [-0.2, 0) is 10.0 Å². The van der Waals surface area contributed by atoms with Crippen LogP contribution in [0, 0.1) is 17.5 Å². The van der Waals surface area contributed by atoms with Gasteiger partial charge in [-0.25, -0.2) is 21.6 Å². The summed E-state index contributed by atoms with van der Waals surface area (Å²) in [6.45, 7) is 1.24. The molecule has 10 heteroatoms. The van der Waals surface area contributed by atoms with Crippen molar-refractivity contribution in [3.8, 4) is 0 Å². The minimum Gasteiger partial charge on any atom is -0.409 e. The molecule has 0 aliphatic carbocycles. The Morgan fingerprint density at radius 3 is 2.20 bits per heavy atom. The number of nitrogens with two attached hydrogens (primary N) is 1. The maximum Gasteiger partial charge on any atom is 0.249 e. The van der Waals surface area contributed by atoms with E-state index in [4.69, 9.17) is 10.9 Å². The van der Waals surface area contributed by atoms with E-state index in [2.05, 4.69) is 5.16 Å². The van der Waals surface area contributed by atoms with Crippen molar-refractivity contribution in [3.63, 3.8) is 0 Å². The maximum absolute atomic E-state index is 13.5. The standard InChI is InChI=1S/C10H12F3N3O3S/c1-5(10(14)15-17)16(2)20(18,19)9-7(12)3-6(11)4-8(9)13/h3-5,17H,1-2H3,(H2,14,15). The molecule has 3 N–H and O–H groups in total. The Hall–Kier alpha value is -1.81. The topological polar surface area (TPSA) is 96.0 Å². The van der Waals surface area contributed by atoms with E-state index in [-0.39, 0.29) is 12.1 Å². The quantitative estimate of drug-likeness (QED) is 0.373. The molecule has 6 nitrogen and oxygen atoms in total. The van der Waals surface area contributed by atoms with Gasteiger partial charge in [0.2, 0.25) is 10.0 Å². The van der Waals surface area contributed by atoms with Gasteiger partial charge in [0, 0.05) is 19.2 Å². The second kappa shape index (κ2) is 5.67. The monoisotopic (exact) mass is 311 g/mol. The van der Waals surface area contributed by atoms with Crippen molar-refractivity contribution in [2.45, 2.75) is 17.9 Å². The minimum atomic E-state index is -4.63. The first-order valence-electron chi connectivity index (χ1n) is 5.23. The van der Waals surface area contributed by atoms with Gasteiger partial charge in [0.15, 0.2) is 10.7 Å². The second-order valence-corrected chi connectivity index (χ2v) is 5.85. The average molecular weight is 311 g/mol. The summed E-state index contributed by atoms with van der Waals surface area (Å²) in [5.41, 5.74) is 5.24. The normalized spacial score (nSPS) is 14.6. The number of rotatable bonds is 4. The predicted octanol–water partition coefficient (Wildman–Crippen LogP) is 0.859. The zero-order valence-electron chi connectivity index (χ0n) is 10.5. The van der Waals surface area contributed by atoms with Gasteiger partial charge in [-0.15, -0.1) is 0 Å². The number of benzene rings is 1. The highest BCUT2D eigenvalue weighted by atomic mass is 32.2. The van der Waals surface area contributed by atoms with Gasteiger partial charge < -0.3 is 10.9 Å². The molecular weight excluding hydrogens is 299 g/mol. The van der Waals surface area contributed by atoms with Crippen LogP contribution in [0.1, 0.15) is 6.92 Å². The molecule has 0 radical (unpaired) electrons. The van der Waals surface area contributed by atoms with E-state index in [9.17, 15) is 21.6 Å². The second-order valence-electron chi connectivity index (χ2n) is 3.92. The van der Waals surface area contributed by atoms with Crippen LogP contribution in [0.2, 0.25) is 0 Å². The summed E-state index contributed by atoms with van der Waals surface area (Å²) in [4.78, 5) is -1.31. The Morgan fingerprint density at radius 2 is 1.80 bits per heavy atom. The van der Waals surface area contributed by atoms with Gasteiger partial charge in [-0.2, -0.15) is 4.31 Å². The lowest BCUT2D eigenvalue weighted by atomic mass is 10.3. The van der Waals surface area contributed by atoms with Crippen molar-refractivity contribution < 1.29 is 26.8 Å². The van der Waals surface area contributed by atoms with Crippen LogP contribution >= 0.6 is 0 Å². The molecule has 0 aliphatic heterocycles. The van der Waals surface area contributed by atoms with E-state index in [1.54, 1.807) is 0 Å². The number of nitrogens with zero attached hydrogens (tertiary/aromatic N) is 2. The van der Waals surface area contributed by atoms with Crippen LogP contribution in [-0.4, -0.2) is 36.9 Å². The van der Waals surface area contributed by atoms with Crippen LogP contribution < -0.4 is 5.73 Å². The van der Waals surface area contributed by atoms with Gasteiger partial charge in [-0.05, 0) is 6.92 Å². The third-order valence-corrected chi connectivity index (χ3v) is 4.67. The maximum atomic E-state index is 13.5. The van der Waals surface area contributed by atoms with E-state index in [0.717, 1.165) is 7.05 Å². The van der Waals surface area contributed by atoms with Crippen LogP contribution in [0.3, 0.4) is 0 Å². The molecule has 0 amide bonds. The Morgan fingerprint density at radius 1 is 1.35 bits per heavy atom. The molecule has 1 rings (SSSR count). The van der Waals surface area contributed by atoms with Crippen molar-refractivity contribution in [2.24, 2.45) is 10.9 Å². The Bertz CT molecular complexity index is 625. The molecule has 0 spiro atoms. The van der Waals surface area contributed by atoms with Crippen LogP contribution in [0.25, 0.3) is 0 Å². The van der Waals surface area contributed by atoms with Crippen molar-refractivity contribution in [1.29, 1.82) is 0 Å². The van der Waals surface area contributed by atoms with Gasteiger partial charge in [-0.3, -0.25) is 0 Å². The Kier molecular flexibility index (Phi) is 4.61. The number of oxime groups is 1. The van der Waals surface area contributed by atoms with Crippen LogP contribution in [0.5, 0.6) is 0 Å². The fourth-order valence-electron chi connectivity index (χ4n) is 1.40. The first-order chi connectivity index (χ1) is 9.12. The molecule has 20 heavy (non-hydrogen) atoms. The lowest BCUT2D eigenvalue weighted by molar-refractivity contribution is 0.311. The van der Waals surface area contributed by atoms with E-state index in [0.29, 0.717) is 4.31 Å². The highest BCUT2D eigenvalue weighted by Gasteiger charge is 2.33. The molecule has 1 aromatic rings. The molecule has 112 valence electrons. The first-order valence-corrected chi connectivity index (χ1v) is 6.67. The molecule has 0 saturated heterocycles.